The minimum atomic E-state index is -0.673. The highest BCUT2D eigenvalue weighted by Gasteiger charge is 2.12. The number of nitrogens with two attached hydrogens (primary N) is 1. The Hall–Kier alpha value is -3.03. The van der Waals surface area contributed by atoms with Crippen LogP contribution in [0.15, 0.2) is 30.5 Å². The summed E-state index contributed by atoms with van der Waals surface area (Å²) in [6.45, 7) is 2.20. The summed E-state index contributed by atoms with van der Waals surface area (Å²) < 4.78 is 1.40. The Balaban J connectivity index is 1.73. The molecule has 0 atom stereocenters. The van der Waals surface area contributed by atoms with E-state index in [9.17, 15) is 4.79 Å². The number of nitrogens with one attached hydrogen (secondary N) is 1. The maximum atomic E-state index is 11.0. The summed E-state index contributed by atoms with van der Waals surface area (Å²) in [7, 11) is 0. The standard InChI is InChI=1S/C16H19N7O/c1-2-3-4-5-11-6-8-12(9-7-11)13-10-23(22-19-13)16-18-15(14(17)24)20-21-16/h6-10H,2-5H2,1H3,(H2,17,24)(H,18,20,21). The first-order chi connectivity index (χ1) is 11.7. The molecule has 24 heavy (non-hydrogen) atoms. The number of carbonyl (C=O) groups is 1. The Morgan fingerprint density at radius 3 is 2.71 bits per heavy atom. The van der Waals surface area contributed by atoms with Crippen molar-refractivity contribution in [2.45, 2.75) is 32.6 Å². The van der Waals surface area contributed by atoms with Crippen LogP contribution in [0.5, 0.6) is 0 Å². The van der Waals surface area contributed by atoms with Crippen LogP contribution >= 0.6 is 0 Å². The average molecular weight is 325 g/mol. The molecule has 124 valence electrons. The Kier molecular flexibility index (Phi) is 4.64. The predicted molar refractivity (Wildman–Crippen MR) is 88.5 cm³/mol. The van der Waals surface area contributed by atoms with Gasteiger partial charge in [0.05, 0.1) is 6.20 Å². The highest BCUT2D eigenvalue weighted by atomic mass is 16.1. The number of aromatic nitrogens is 6. The van der Waals surface area contributed by atoms with Gasteiger partial charge in [0.1, 0.15) is 5.69 Å². The van der Waals surface area contributed by atoms with Crippen LogP contribution in [0, 0.1) is 0 Å². The summed E-state index contributed by atoms with van der Waals surface area (Å²) in [6, 6.07) is 8.29. The highest BCUT2D eigenvalue weighted by molar-refractivity contribution is 5.88. The maximum Gasteiger partial charge on any atom is 0.286 e. The molecule has 3 aromatic rings. The van der Waals surface area contributed by atoms with Gasteiger partial charge in [0.2, 0.25) is 5.82 Å². The fourth-order valence-electron chi connectivity index (χ4n) is 2.38. The predicted octanol–water partition coefficient (Wildman–Crippen LogP) is 1.88. The number of unbranched alkanes of at least 4 members (excludes halogenated alkanes) is 2. The maximum absolute atomic E-state index is 11.0. The number of primary amides is 1. The Bertz CT molecular complexity index is 819. The van der Waals surface area contributed by atoms with Crippen LogP contribution in [0.4, 0.5) is 0 Å². The quantitative estimate of drug-likeness (QED) is 0.643. The van der Waals surface area contributed by atoms with Crippen molar-refractivity contribution in [3.05, 3.63) is 41.9 Å². The summed E-state index contributed by atoms with van der Waals surface area (Å²) >= 11 is 0. The number of benzene rings is 1. The minimum absolute atomic E-state index is 0.0153. The Morgan fingerprint density at radius 2 is 2.04 bits per heavy atom. The van der Waals surface area contributed by atoms with Crippen molar-refractivity contribution < 1.29 is 4.79 Å². The molecule has 0 aliphatic heterocycles. The average Bonchev–Trinajstić information content (AvgIpc) is 3.25. The molecule has 0 unspecified atom stereocenters. The van der Waals surface area contributed by atoms with Crippen LogP contribution in [0.2, 0.25) is 0 Å². The summed E-state index contributed by atoms with van der Waals surface area (Å²) in [5, 5.41) is 14.5. The minimum Gasteiger partial charge on any atom is -0.363 e. The van der Waals surface area contributed by atoms with Crippen LogP contribution in [-0.2, 0) is 6.42 Å². The van der Waals surface area contributed by atoms with E-state index in [1.54, 1.807) is 6.20 Å². The second kappa shape index (κ2) is 7.03. The van der Waals surface area contributed by atoms with Crippen molar-refractivity contribution >= 4 is 5.91 Å². The lowest BCUT2D eigenvalue weighted by molar-refractivity contribution is 0.0991. The van der Waals surface area contributed by atoms with E-state index in [1.165, 1.54) is 29.5 Å². The lowest BCUT2D eigenvalue weighted by Crippen LogP contribution is -2.13. The van der Waals surface area contributed by atoms with E-state index in [1.807, 2.05) is 12.1 Å². The molecule has 0 aliphatic rings. The second-order valence-electron chi connectivity index (χ2n) is 5.55. The number of hydrogen-bond donors (Lipinski definition) is 2. The summed E-state index contributed by atoms with van der Waals surface area (Å²) in [5.41, 5.74) is 8.13. The van der Waals surface area contributed by atoms with Gasteiger partial charge in [-0.05, 0) is 18.4 Å². The van der Waals surface area contributed by atoms with Gasteiger partial charge in [-0.25, -0.2) is 0 Å². The van der Waals surface area contributed by atoms with Crippen molar-refractivity contribution in [2.24, 2.45) is 5.73 Å². The fourth-order valence-corrected chi connectivity index (χ4v) is 2.38. The molecular formula is C16H19N7O. The van der Waals surface area contributed by atoms with E-state index in [2.05, 4.69) is 44.5 Å². The molecule has 3 rings (SSSR count). The van der Waals surface area contributed by atoms with Gasteiger partial charge in [0.25, 0.3) is 11.9 Å². The van der Waals surface area contributed by atoms with Crippen molar-refractivity contribution in [1.82, 2.24) is 30.2 Å². The molecule has 2 aromatic heterocycles. The number of hydrogen-bond acceptors (Lipinski definition) is 5. The van der Waals surface area contributed by atoms with Gasteiger partial charge in [0, 0.05) is 5.56 Å². The highest BCUT2D eigenvalue weighted by Crippen LogP contribution is 2.18. The zero-order valence-electron chi connectivity index (χ0n) is 13.4. The molecule has 3 N–H and O–H groups in total. The zero-order valence-corrected chi connectivity index (χ0v) is 13.4. The van der Waals surface area contributed by atoms with E-state index in [-0.39, 0.29) is 11.8 Å². The van der Waals surface area contributed by atoms with E-state index in [4.69, 9.17) is 5.73 Å². The molecule has 1 amide bonds. The molecule has 0 bridgehead atoms. The van der Waals surface area contributed by atoms with E-state index >= 15 is 0 Å². The van der Waals surface area contributed by atoms with Crippen molar-refractivity contribution in [1.29, 1.82) is 0 Å². The van der Waals surface area contributed by atoms with Crippen LogP contribution in [-0.4, -0.2) is 36.1 Å². The molecular weight excluding hydrogens is 306 g/mol. The van der Waals surface area contributed by atoms with Gasteiger partial charge in [-0.15, -0.1) is 10.2 Å². The lowest BCUT2D eigenvalue weighted by Gasteiger charge is -2.01. The molecule has 0 saturated heterocycles. The monoisotopic (exact) mass is 325 g/mol. The molecule has 0 fully saturated rings. The number of amides is 1. The first-order valence-corrected chi connectivity index (χ1v) is 7.91. The number of aryl methyl sites for hydroxylation is 1. The van der Waals surface area contributed by atoms with Crippen molar-refractivity contribution in [2.75, 3.05) is 0 Å². The smallest absolute Gasteiger partial charge is 0.286 e. The topological polar surface area (TPSA) is 115 Å². The van der Waals surface area contributed by atoms with Gasteiger partial charge in [-0.3, -0.25) is 9.89 Å². The third-order valence-electron chi connectivity index (χ3n) is 3.72. The van der Waals surface area contributed by atoms with Gasteiger partial charge >= 0.3 is 0 Å². The van der Waals surface area contributed by atoms with Crippen LogP contribution < -0.4 is 5.73 Å². The second-order valence-corrected chi connectivity index (χ2v) is 5.55. The first kappa shape index (κ1) is 15.9. The SMILES string of the molecule is CCCCCc1ccc(-c2cn(-c3n[nH]c(C(N)=O)n3)nn2)cc1. The fraction of sp³-hybridized carbons (Fsp3) is 0.312. The van der Waals surface area contributed by atoms with Gasteiger partial charge in [0.15, 0.2) is 0 Å². The van der Waals surface area contributed by atoms with E-state index < -0.39 is 5.91 Å². The van der Waals surface area contributed by atoms with Crippen LogP contribution in [0.1, 0.15) is 42.4 Å². The molecule has 8 heteroatoms. The molecule has 0 saturated carbocycles. The van der Waals surface area contributed by atoms with Gasteiger partial charge in [-0.1, -0.05) is 49.2 Å². The molecule has 2 heterocycles. The van der Waals surface area contributed by atoms with Gasteiger partial charge in [-0.2, -0.15) is 9.67 Å². The van der Waals surface area contributed by atoms with Crippen LogP contribution in [0.3, 0.4) is 0 Å². The molecule has 8 nitrogen and oxygen atoms in total. The number of nitrogens with zero attached hydrogens (tertiary/aromatic N) is 5. The lowest BCUT2D eigenvalue weighted by atomic mass is 10.0. The first-order valence-electron chi connectivity index (χ1n) is 7.91. The summed E-state index contributed by atoms with van der Waals surface area (Å²) in [5.74, 6) is -0.468. The molecule has 0 spiro atoms. The van der Waals surface area contributed by atoms with Crippen molar-refractivity contribution in [3.63, 3.8) is 0 Å². The molecule has 0 radical (unpaired) electrons. The number of carbonyl (C=O) groups excluding carboxylic acids is 1. The number of aromatic amines is 1. The number of H-pyrrole nitrogens is 1. The third kappa shape index (κ3) is 3.48. The van der Waals surface area contributed by atoms with E-state index in [0.29, 0.717) is 5.69 Å². The van der Waals surface area contributed by atoms with E-state index in [0.717, 1.165) is 12.0 Å². The third-order valence-corrected chi connectivity index (χ3v) is 3.72. The zero-order chi connectivity index (χ0) is 16.9. The normalized spacial score (nSPS) is 10.9. The largest absolute Gasteiger partial charge is 0.363 e. The number of rotatable bonds is 7. The summed E-state index contributed by atoms with van der Waals surface area (Å²) in [6.07, 6.45) is 6.48. The Morgan fingerprint density at radius 1 is 1.25 bits per heavy atom. The van der Waals surface area contributed by atoms with Crippen LogP contribution in [0.25, 0.3) is 17.2 Å². The van der Waals surface area contributed by atoms with Crippen molar-refractivity contribution in [3.8, 4) is 17.2 Å². The molecule has 1 aromatic carbocycles. The van der Waals surface area contributed by atoms with Gasteiger partial charge < -0.3 is 5.73 Å². The summed E-state index contributed by atoms with van der Waals surface area (Å²) in [4.78, 5) is 15.0. The molecule has 0 aliphatic carbocycles. The Labute approximate surface area is 139 Å².